The third kappa shape index (κ3) is 5.80. The number of aliphatic hydroxyl groups excluding tert-OH is 1. The maximum Gasteiger partial charge on any atom is 0.307 e. The first kappa shape index (κ1) is 20.0. The minimum atomic E-state index is -0.848. The topological polar surface area (TPSA) is 153 Å². The average molecular weight is 355 g/mol. The molecular weight excluding hydrogens is 338 g/mol. The minimum Gasteiger partial charge on any atom is -0.466 e. The van der Waals surface area contributed by atoms with E-state index in [0.717, 1.165) is 23.1 Å². The quantitative estimate of drug-likeness (QED) is 0.389. The highest BCUT2D eigenvalue weighted by atomic mass is 16.6. The molecule has 1 aromatic rings. The van der Waals surface area contributed by atoms with Crippen LogP contribution in [0.3, 0.4) is 0 Å². The van der Waals surface area contributed by atoms with Crippen molar-refractivity contribution in [3.63, 3.8) is 0 Å². The van der Waals surface area contributed by atoms with Crippen molar-refractivity contribution in [1.29, 1.82) is 0 Å². The molecule has 0 aliphatic heterocycles. The van der Waals surface area contributed by atoms with E-state index in [-0.39, 0.29) is 31.7 Å². The van der Waals surface area contributed by atoms with Crippen molar-refractivity contribution in [2.45, 2.75) is 13.3 Å². The number of ether oxygens (including phenoxy) is 1. The van der Waals surface area contributed by atoms with Crippen molar-refractivity contribution >= 4 is 23.3 Å². The number of carbonyl (C=O) groups excluding carboxylic acids is 2. The summed E-state index contributed by atoms with van der Waals surface area (Å²) in [6.45, 7) is 1.13. The van der Waals surface area contributed by atoms with Crippen LogP contribution in [-0.2, 0) is 9.53 Å². The van der Waals surface area contributed by atoms with Crippen LogP contribution in [0.2, 0.25) is 0 Å². The largest absolute Gasteiger partial charge is 0.466 e. The Hall–Kier alpha value is -3.08. The molecule has 136 valence electrons. The number of hydrogen-bond donors (Lipinski definition) is 1. The first-order chi connectivity index (χ1) is 11.8. The zero-order valence-electron chi connectivity index (χ0n) is 13.4. The molecule has 11 heteroatoms. The van der Waals surface area contributed by atoms with Gasteiger partial charge in [0.25, 0.3) is 17.3 Å². The molecule has 0 bridgehead atoms. The highest BCUT2D eigenvalue weighted by Gasteiger charge is 2.23. The summed E-state index contributed by atoms with van der Waals surface area (Å²) in [5.74, 6) is -1.33. The van der Waals surface area contributed by atoms with E-state index in [9.17, 15) is 29.8 Å². The van der Waals surface area contributed by atoms with Crippen LogP contribution in [-0.4, -0.2) is 58.0 Å². The Morgan fingerprint density at radius 2 is 1.68 bits per heavy atom. The third-order valence-corrected chi connectivity index (χ3v) is 3.12. The highest BCUT2D eigenvalue weighted by molar-refractivity contribution is 5.95. The van der Waals surface area contributed by atoms with E-state index in [4.69, 9.17) is 9.84 Å². The second kappa shape index (κ2) is 9.27. The van der Waals surface area contributed by atoms with Gasteiger partial charge in [0.2, 0.25) is 0 Å². The predicted molar refractivity (Wildman–Crippen MR) is 84.0 cm³/mol. The molecule has 1 N–H and O–H groups in total. The zero-order valence-corrected chi connectivity index (χ0v) is 13.4. The fourth-order valence-corrected chi connectivity index (χ4v) is 2.01. The molecule has 25 heavy (non-hydrogen) atoms. The summed E-state index contributed by atoms with van der Waals surface area (Å²) in [6, 6.07) is 2.56. The molecule has 0 saturated heterocycles. The lowest BCUT2D eigenvalue weighted by Crippen LogP contribution is -2.35. The van der Waals surface area contributed by atoms with E-state index in [1.807, 2.05) is 0 Å². The van der Waals surface area contributed by atoms with Crippen molar-refractivity contribution in [2.75, 3.05) is 26.3 Å². The number of benzene rings is 1. The standard InChI is InChI=1S/C14H17N3O8/c1-2-25-13(19)3-4-15(5-6-18)14(20)10-7-11(16(21)22)9-12(8-10)17(23)24/h7-9,18H,2-6H2,1H3. The monoisotopic (exact) mass is 355 g/mol. The van der Waals surface area contributed by atoms with E-state index in [1.54, 1.807) is 6.92 Å². The molecular formula is C14H17N3O8. The van der Waals surface area contributed by atoms with Crippen molar-refractivity contribution in [1.82, 2.24) is 4.90 Å². The number of esters is 1. The molecule has 1 rings (SSSR count). The van der Waals surface area contributed by atoms with Crippen LogP contribution in [0.4, 0.5) is 11.4 Å². The number of hydrogen-bond acceptors (Lipinski definition) is 8. The molecule has 1 amide bonds. The maximum absolute atomic E-state index is 12.5. The Kier molecular flexibility index (Phi) is 7.41. The lowest BCUT2D eigenvalue weighted by atomic mass is 10.1. The van der Waals surface area contributed by atoms with Crippen LogP contribution in [0.15, 0.2) is 18.2 Å². The number of aliphatic hydroxyl groups is 1. The fraction of sp³-hybridized carbons (Fsp3) is 0.429. The van der Waals surface area contributed by atoms with Gasteiger partial charge in [-0.25, -0.2) is 0 Å². The van der Waals surface area contributed by atoms with Gasteiger partial charge in [-0.15, -0.1) is 0 Å². The summed E-state index contributed by atoms with van der Waals surface area (Å²) in [6.07, 6.45) is -0.142. The predicted octanol–water partition coefficient (Wildman–Crippen LogP) is 0.891. The van der Waals surface area contributed by atoms with Crippen molar-refractivity contribution in [2.24, 2.45) is 0 Å². The Labute approximate surface area is 142 Å². The minimum absolute atomic E-state index is 0.102. The molecule has 0 unspecified atom stereocenters. The summed E-state index contributed by atoms with van der Waals surface area (Å²) >= 11 is 0. The van der Waals surface area contributed by atoms with E-state index >= 15 is 0 Å². The smallest absolute Gasteiger partial charge is 0.307 e. The van der Waals surface area contributed by atoms with Crippen LogP contribution in [0.5, 0.6) is 0 Å². The number of amides is 1. The van der Waals surface area contributed by atoms with Gasteiger partial charge < -0.3 is 14.7 Å². The lowest BCUT2D eigenvalue weighted by molar-refractivity contribution is -0.394. The summed E-state index contributed by atoms with van der Waals surface area (Å²) in [5.41, 5.74) is -1.49. The number of nitro groups is 2. The van der Waals surface area contributed by atoms with E-state index in [2.05, 4.69) is 0 Å². The van der Waals surface area contributed by atoms with Crippen LogP contribution >= 0.6 is 0 Å². The van der Waals surface area contributed by atoms with Crippen LogP contribution in [0, 0.1) is 20.2 Å². The van der Waals surface area contributed by atoms with Gasteiger partial charge in [-0.05, 0) is 6.92 Å². The van der Waals surface area contributed by atoms with Crippen molar-refractivity contribution in [3.8, 4) is 0 Å². The van der Waals surface area contributed by atoms with Gasteiger partial charge in [0.1, 0.15) is 0 Å². The molecule has 11 nitrogen and oxygen atoms in total. The molecule has 0 fully saturated rings. The number of rotatable bonds is 9. The zero-order chi connectivity index (χ0) is 19.0. The molecule has 0 saturated carbocycles. The molecule has 0 spiro atoms. The van der Waals surface area contributed by atoms with Crippen molar-refractivity contribution in [3.05, 3.63) is 44.0 Å². The van der Waals surface area contributed by atoms with Gasteiger partial charge >= 0.3 is 5.97 Å². The van der Waals surface area contributed by atoms with Crippen LogP contribution < -0.4 is 0 Å². The van der Waals surface area contributed by atoms with Crippen LogP contribution in [0.1, 0.15) is 23.7 Å². The number of nitrogens with zero attached hydrogens (tertiary/aromatic N) is 3. The molecule has 0 radical (unpaired) electrons. The van der Waals surface area contributed by atoms with Crippen LogP contribution in [0.25, 0.3) is 0 Å². The molecule has 0 aliphatic rings. The third-order valence-electron chi connectivity index (χ3n) is 3.12. The Bertz CT molecular complexity index is 644. The second-order valence-electron chi connectivity index (χ2n) is 4.82. The molecule has 0 heterocycles. The number of nitro benzene ring substituents is 2. The fourth-order valence-electron chi connectivity index (χ4n) is 2.01. The van der Waals surface area contributed by atoms with Gasteiger partial charge in [0.05, 0.1) is 41.1 Å². The van der Waals surface area contributed by atoms with Gasteiger partial charge in [0.15, 0.2) is 0 Å². The SMILES string of the molecule is CCOC(=O)CCN(CCO)C(=O)c1cc([N+](=O)[O-])cc([N+](=O)[O-])c1. The van der Waals surface area contributed by atoms with E-state index in [0.29, 0.717) is 0 Å². The molecule has 0 atom stereocenters. The maximum atomic E-state index is 12.5. The van der Waals surface area contributed by atoms with Gasteiger partial charge in [0, 0.05) is 25.2 Å². The van der Waals surface area contributed by atoms with Gasteiger partial charge in [-0.1, -0.05) is 0 Å². The van der Waals surface area contributed by atoms with Crippen molar-refractivity contribution < 1.29 is 29.3 Å². The van der Waals surface area contributed by atoms with E-state index in [1.165, 1.54) is 0 Å². The highest BCUT2D eigenvalue weighted by Crippen LogP contribution is 2.23. The molecule has 0 aliphatic carbocycles. The van der Waals surface area contributed by atoms with E-state index < -0.39 is 39.7 Å². The second-order valence-corrected chi connectivity index (χ2v) is 4.82. The molecule has 0 aromatic heterocycles. The van der Waals surface area contributed by atoms with Gasteiger partial charge in [-0.2, -0.15) is 0 Å². The summed E-state index contributed by atoms with van der Waals surface area (Å²) in [5, 5.41) is 30.8. The first-order valence-electron chi connectivity index (χ1n) is 7.29. The number of non-ortho nitro benzene ring substituents is 2. The first-order valence-corrected chi connectivity index (χ1v) is 7.29. The summed E-state index contributed by atoms with van der Waals surface area (Å²) in [4.78, 5) is 45.0. The molecule has 1 aromatic carbocycles. The number of carbonyl (C=O) groups is 2. The Morgan fingerprint density at radius 1 is 1.12 bits per heavy atom. The summed E-state index contributed by atoms with van der Waals surface area (Å²) < 4.78 is 4.74. The Morgan fingerprint density at radius 3 is 2.12 bits per heavy atom. The average Bonchev–Trinajstić information content (AvgIpc) is 2.57. The lowest BCUT2D eigenvalue weighted by Gasteiger charge is -2.21. The van der Waals surface area contributed by atoms with Gasteiger partial charge in [-0.3, -0.25) is 29.8 Å². The summed E-state index contributed by atoms with van der Waals surface area (Å²) in [7, 11) is 0. The Balaban J connectivity index is 3.08. The normalized spacial score (nSPS) is 10.2.